The molecule has 0 aromatic rings. The summed E-state index contributed by atoms with van der Waals surface area (Å²) in [6, 6.07) is 0. The molecular formula is C6H15O15P3. The molecule has 15 nitrogen and oxygen atoms in total. The van der Waals surface area contributed by atoms with E-state index < -0.39 is 60.1 Å². The van der Waals surface area contributed by atoms with Gasteiger partial charge in [0, 0.05) is 0 Å². The molecule has 0 saturated heterocycles. The van der Waals surface area contributed by atoms with Gasteiger partial charge in [-0.05, 0) is 0 Å². The van der Waals surface area contributed by atoms with Crippen LogP contribution in [0.3, 0.4) is 0 Å². The Hall–Kier alpha value is 0.210. The third-order valence-corrected chi connectivity index (χ3v) is 4.35. The largest absolute Gasteiger partial charge is 0.470 e. The van der Waals surface area contributed by atoms with E-state index in [2.05, 4.69) is 13.6 Å². The lowest BCUT2D eigenvalue weighted by atomic mass is 9.85. The lowest BCUT2D eigenvalue weighted by Crippen LogP contribution is -2.65. The van der Waals surface area contributed by atoms with E-state index in [4.69, 9.17) is 29.4 Å². The highest BCUT2D eigenvalue weighted by Crippen LogP contribution is 2.49. The highest BCUT2D eigenvalue weighted by Gasteiger charge is 2.56. The molecule has 0 bridgehead atoms. The smallest absolute Gasteiger partial charge is 0.387 e. The second-order valence-corrected chi connectivity index (χ2v) is 8.23. The van der Waals surface area contributed by atoms with Crippen molar-refractivity contribution in [1.29, 1.82) is 0 Å². The fraction of sp³-hybridized carbons (Fsp3) is 1.00. The molecule has 144 valence electrons. The van der Waals surface area contributed by atoms with Crippen LogP contribution in [-0.4, -0.2) is 81.3 Å². The quantitative estimate of drug-likeness (QED) is 0.189. The van der Waals surface area contributed by atoms with Crippen LogP contribution in [-0.2, 0) is 27.3 Å². The topological polar surface area (TPSA) is 261 Å². The third kappa shape index (κ3) is 6.50. The molecule has 0 aromatic heterocycles. The zero-order valence-electron chi connectivity index (χ0n) is 11.3. The van der Waals surface area contributed by atoms with Crippen LogP contribution < -0.4 is 0 Å². The molecule has 1 fully saturated rings. The van der Waals surface area contributed by atoms with Crippen LogP contribution >= 0.6 is 23.5 Å². The van der Waals surface area contributed by atoms with Gasteiger partial charge in [0.1, 0.15) is 36.6 Å². The number of aliphatic hydroxyl groups is 3. The van der Waals surface area contributed by atoms with Crippen molar-refractivity contribution in [3.05, 3.63) is 0 Å². The molecule has 9 N–H and O–H groups in total. The summed E-state index contributed by atoms with van der Waals surface area (Å²) >= 11 is 0. The number of hydrogen-bond donors (Lipinski definition) is 9. The molecule has 0 unspecified atom stereocenters. The number of hydrogen-bond acceptors (Lipinski definition) is 9. The van der Waals surface area contributed by atoms with E-state index in [0.29, 0.717) is 0 Å². The lowest BCUT2D eigenvalue weighted by molar-refractivity contribution is -0.212. The Kier molecular flexibility index (Phi) is 6.90. The van der Waals surface area contributed by atoms with Crippen molar-refractivity contribution in [3.8, 4) is 0 Å². The van der Waals surface area contributed by atoms with Crippen LogP contribution in [0.15, 0.2) is 0 Å². The van der Waals surface area contributed by atoms with Crippen LogP contribution in [0, 0.1) is 0 Å². The maximum Gasteiger partial charge on any atom is 0.470 e. The number of rotatable bonds is 6. The Balaban J connectivity index is 3.23. The monoisotopic (exact) mass is 420 g/mol. The summed E-state index contributed by atoms with van der Waals surface area (Å²) < 4.78 is 44.7. The van der Waals surface area contributed by atoms with Gasteiger partial charge in [0.25, 0.3) is 0 Å². The van der Waals surface area contributed by atoms with Gasteiger partial charge in [0.15, 0.2) is 0 Å². The fourth-order valence-corrected chi connectivity index (χ4v) is 3.70. The Morgan fingerprint density at radius 1 is 0.500 bits per heavy atom. The van der Waals surface area contributed by atoms with Crippen LogP contribution in [0.1, 0.15) is 0 Å². The van der Waals surface area contributed by atoms with Gasteiger partial charge >= 0.3 is 23.5 Å². The van der Waals surface area contributed by atoms with E-state index in [-0.39, 0.29) is 0 Å². The molecular weight excluding hydrogens is 405 g/mol. The molecule has 1 saturated carbocycles. The first-order chi connectivity index (χ1) is 10.5. The first kappa shape index (κ1) is 22.3. The van der Waals surface area contributed by atoms with Crippen LogP contribution in [0.25, 0.3) is 0 Å². The second kappa shape index (κ2) is 7.45. The summed E-state index contributed by atoms with van der Waals surface area (Å²) in [5.74, 6) is 0. The van der Waals surface area contributed by atoms with Crippen molar-refractivity contribution < 1.29 is 71.9 Å². The van der Waals surface area contributed by atoms with Gasteiger partial charge in [-0.3, -0.25) is 13.6 Å². The summed E-state index contributed by atoms with van der Waals surface area (Å²) in [4.78, 5) is 52.4. The minimum absolute atomic E-state index is 2.32. The van der Waals surface area contributed by atoms with Gasteiger partial charge < -0.3 is 44.7 Å². The van der Waals surface area contributed by atoms with E-state index in [0.717, 1.165) is 0 Å². The van der Waals surface area contributed by atoms with E-state index >= 15 is 0 Å². The van der Waals surface area contributed by atoms with E-state index in [9.17, 15) is 29.0 Å². The van der Waals surface area contributed by atoms with Crippen molar-refractivity contribution in [3.63, 3.8) is 0 Å². The van der Waals surface area contributed by atoms with Crippen molar-refractivity contribution >= 4 is 23.5 Å². The van der Waals surface area contributed by atoms with E-state index in [1.807, 2.05) is 0 Å². The van der Waals surface area contributed by atoms with Crippen molar-refractivity contribution in [2.24, 2.45) is 0 Å². The average molecular weight is 420 g/mol. The Labute approximate surface area is 133 Å². The highest BCUT2D eigenvalue weighted by atomic mass is 31.2. The molecule has 0 aromatic carbocycles. The van der Waals surface area contributed by atoms with Crippen molar-refractivity contribution in [2.45, 2.75) is 36.6 Å². The summed E-state index contributed by atoms with van der Waals surface area (Å²) in [6.07, 6.45) is -14.3. The molecule has 0 heterocycles. The Bertz CT molecular complexity index is 574. The third-order valence-electron chi connectivity index (χ3n) is 2.80. The average Bonchev–Trinajstić information content (AvgIpc) is 2.32. The molecule has 0 radical (unpaired) electrons. The van der Waals surface area contributed by atoms with Gasteiger partial charge in [-0.2, -0.15) is 0 Å². The van der Waals surface area contributed by atoms with Crippen LogP contribution in [0.5, 0.6) is 0 Å². The predicted molar refractivity (Wildman–Crippen MR) is 68.8 cm³/mol. The van der Waals surface area contributed by atoms with Crippen LogP contribution in [0.4, 0.5) is 0 Å². The van der Waals surface area contributed by atoms with Gasteiger partial charge in [-0.25, -0.2) is 13.7 Å². The molecule has 1 aliphatic rings. The van der Waals surface area contributed by atoms with Crippen molar-refractivity contribution in [1.82, 2.24) is 0 Å². The standard InChI is InChI=1S/C6H15O15P3/c7-1-2(8)5(20-23(13,14)15)6(21-24(16,17)18)3(9)4(1)19-22(10,11)12/h1-9H,(H2,10,11,12)(H2,13,14,15)(H2,16,17,18)/t1-,2-,3-,4-,5+,6+/m1/s1. The summed E-state index contributed by atoms with van der Waals surface area (Å²) in [7, 11) is -16.2. The maximum absolute atomic E-state index is 10.9. The molecule has 24 heavy (non-hydrogen) atoms. The van der Waals surface area contributed by atoms with Gasteiger partial charge in [-0.15, -0.1) is 0 Å². The number of phosphoric ester groups is 3. The zero-order valence-corrected chi connectivity index (χ0v) is 14.0. The van der Waals surface area contributed by atoms with E-state index in [1.54, 1.807) is 0 Å². The molecule has 18 heteroatoms. The number of aliphatic hydroxyl groups excluding tert-OH is 3. The number of phosphoric acid groups is 3. The molecule has 1 rings (SSSR count). The van der Waals surface area contributed by atoms with Gasteiger partial charge in [0.05, 0.1) is 0 Å². The second-order valence-electron chi connectivity index (χ2n) is 4.65. The molecule has 1 aliphatic carbocycles. The first-order valence-electron chi connectivity index (χ1n) is 5.78. The molecule has 0 spiro atoms. The fourth-order valence-electron chi connectivity index (χ4n) is 2.01. The van der Waals surface area contributed by atoms with Crippen LogP contribution in [0.2, 0.25) is 0 Å². The SMILES string of the molecule is O=P(O)(O)O[C@@H]1[C@H](O)[C@@H](O)[C@H](OP(=O)(O)O)[C@@H](OP(=O)(O)O)[C@@H]1O. The first-order valence-corrected chi connectivity index (χ1v) is 10.4. The van der Waals surface area contributed by atoms with E-state index in [1.165, 1.54) is 0 Å². The van der Waals surface area contributed by atoms with Gasteiger partial charge in [0.2, 0.25) is 0 Å². The summed E-state index contributed by atoms with van der Waals surface area (Å²) in [6.45, 7) is 0. The normalized spacial score (nSPS) is 35.9. The van der Waals surface area contributed by atoms with Gasteiger partial charge in [-0.1, -0.05) is 0 Å². The summed E-state index contributed by atoms with van der Waals surface area (Å²) in [5.41, 5.74) is 0. The molecule has 0 aliphatic heterocycles. The maximum atomic E-state index is 10.9. The zero-order chi connectivity index (χ0) is 19.1. The molecule has 6 atom stereocenters. The minimum atomic E-state index is -5.43. The summed E-state index contributed by atoms with van der Waals surface area (Å²) in [5, 5.41) is 29.3. The predicted octanol–water partition coefficient (Wildman–Crippen LogP) is -3.48. The minimum Gasteiger partial charge on any atom is -0.387 e. The Morgan fingerprint density at radius 3 is 1.08 bits per heavy atom. The lowest BCUT2D eigenvalue weighted by Gasteiger charge is -2.44. The van der Waals surface area contributed by atoms with Crippen molar-refractivity contribution in [2.75, 3.05) is 0 Å². The highest BCUT2D eigenvalue weighted by molar-refractivity contribution is 7.46. The molecule has 0 amide bonds. The Morgan fingerprint density at radius 2 is 0.750 bits per heavy atom.